The highest BCUT2D eigenvalue weighted by molar-refractivity contribution is 5.91. The van der Waals surface area contributed by atoms with Crippen molar-refractivity contribution in [1.82, 2.24) is 19.9 Å². The summed E-state index contributed by atoms with van der Waals surface area (Å²) in [5, 5.41) is 0.919. The van der Waals surface area contributed by atoms with Crippen molar-refractivity contribution in [2.45, 2.75) is 32.5 Å². The number of fused-ring (bicyclic) bond motifs is 1. The van der Waals surface area contributed by atoms with E-state index >= 15 is 0 Å². The van der Waals surface area contributed by atoms with Crippen LogP contribution in [0.5, 0.6) is 0 Å². The number of halogens is 1. The van der Waals surface area contributed by atoms with Gasteiger partial charge in [-0.2, -0.15) is 0 Å². The van der Waals surface area contributed by atoms with Gasteiger partial charge in [-0.25, -0.2) is 19.3 Å². The van der Waals surface area contributed by atoms with Crippen LogP contribution in [0, 0.1) is 0 Å². The molecule has 7 heteroatoms. The van der Waals surface area contributed by atoms with Gasteiger partial charge >= 0.3 is 0 Å². The van der Waals surface area contributed by atoms with Crippen LogP contribution >= 0.6 is 0 Å². The summed E-state index contributed by atoms with van der Waals surface area (Å²) < 4.78 is 20.3. The largest absolute Gasteiger partial charge is 0.377 e. The van der Waals surface area contributed by atoms with E-state index in [0.29, 0.717) is 24.7 Å². The van der Waals surface area contributed by atoms with Gasteiger partial charge in [0.25, 0.3) is 0 Å². The van der Waals surface area contributed by atoms with Crippen LogP contribution in [0.4, 0.5) is 10.2 Å². The Morgan fingerprint density at radius 1 is 1.31 bits per heavy atom. The van der Waals surface area contributed by atoms with E-state index in [1.807, 2.05) is 18.3 Å². The molecule has 0 amide bonds. The second kappa shape index (κ2) is 6.32. The smallest absolute Gasteiger partial charge is 0.162 e. The zero-order valence-electron chi connectivity index (χ0n) is 15.2. The highest BCUT2D eigenvalue weighted by Crippen LogP contribution is 2.31. The van der Waals surface area contributed by atoms with E-state index in [0.717, 1.165) is 29.0 Å². The number of anilines is 1. The van der Waals surface area contributed by atoms with Gasteiger partial charge < -0.3 is 14.6 Å². The molecule has 1 N–H and O–H groups in total. The molecule has 1 fully saturated rings. The minimum absolute atomic E-state index is 0.173. The molecule has 1 aliphatic heterocycles. The number of nitrogens with zero attached hydrogens (tertiary/aromatic N) is 4. The van der Waals surface area contributed by atoms with Gasteiger partial charge in [0, 0.05) is 36.0 Å². The van der Waals surface area contributed by atoms with Gasteiger partial charge in [-0.1, -0.05) is 0 Å². The number of alkyl halides is 1. The van der Waals surface area contributed by atoms with Crippen LogP contribution in [-0.4, -0.2) is 45.7 Å². The van der Waals surface area contributed by atoms with Gasteiger partial charge in [-0.15, -0.1) is 0 Å². The first-order valence-electron chi connectivity index (χ1n) is 8.79. The number of rotatable bonds is 3. The normalized spacial score (nSPS) is 18.5. The average molecular weight is 355 g/mol. The Balaban J connectivity index is 1.89. The number of H-pyrrole nitrogens is 1. The fraction of sp³-hybridized carbons (Fsp3) is 0.421. The van der Waals surface area contributed by atoms with Crippen LogP contribution in [0.3, 0.4) is 0 Å². The second-order valence-electron chi connectivity index (χ2n) is 7.12. The maximum atomic E-state index is 14.8. The summed E-state index contributed by atoms with van der Waals surface area (Å²) in [7, 11) is 0. The number of morpholine rings is 1. The zero-order chi connectivity index (χ0) is 18.3. The highest BCUT2D eigenvalue weighted by atomic mass is 19.1. The predicted molar refractivity (Wildman–Crippen MR) is 98.9 cm³/mol. The number of hydrogen-bond acceptors (Lipinski definition) is 5. The maximum Gasteiger partial charge on any atom is 0.162 e. The Morgan fingerprint density at radius 3 is 2.92 bits per heavy atom. The summed E-state index contributed by atoms with van der Waals surface area (Å²) in [5.74, 6) is 1.24. The molecule has 26 heavy (non-hydrogen) atoms. The van der Waals surface area contributed by atoms with Crippen LogP contribution in [0.1, 0.15) is 26.5 Å². The molecule has 136 valence electrons. The Kier molecular flexibility index (Phi) is 4.11. The summed E-state index contributed by atoms with van der Waals surface area (Å²) in [5.41, 5.74) is 0.408. The monoisotopic (exact) mass is 355 g/mol. The standard InChI is InChI=1S/C19H22FN5O/c1-12-11-26-9-8-25(12)16-10-15(19(2,3)20)23-18(24-16)14-5-7-22-17-13(14)4-6-21-17/h4-7,10,12H,8-9,11H2,1-3H3,(H,21,22)/t12-/m1/s1. The number of aromatic amines is 1. The van der Waals surface area contributed by atoms with E-state index < -0.39 is 5.67 Å². The number of ether oxygens (including phenoxy) is 1. The van der Waals surface area contributed by atoms with Gasteiger partial charge in [-0.05, 0) is 32.9 Å². The van der Waals surface area contributed by atoms with Gasteiger partial charge in [-0.3, -0.25) is 0 Å². The Bertz CT molecular complexity index is 933. The van der Waals surface area contributed by atoms with Gasteiger partial charge in [0.15, 0.2) is 5.82 Å². The summed E-state index contributed by atoms with van der Waals surface area (Å²) in [6.07, 6.45) is 3.54. The van der Waals surface area contributed by atoms with Gasteiger partial charge in [0.05, 0.1) is 24.9 Å². The van der Waals surface area contributed by atoms with E-state index in [2.05, 4.69) is 26.8 Å². The third kappa shape index (κ3) is 3.03. The van der Waals surface area contributed by atoms with Crippen molar-refractivity contribution in [1.29, 1.82) is 0 Å². The van der Waals surface area contributed by atoms with E-state index in [-0.39, 0.29) is 6.04 Å². The molecule has 4 heterocycles. The SMILES string of the molecule is C[C@@H]1COCCN1c1cc(C(C)(C)F)nc(-c2ccnc3[nH]ccc23)n1. The molecule has 1 atom stereocenters. The first-order chi connectivity index (χ1) is 12.4. The average Bonchev–Trinajstić information content (AvgIpc) is 3.09. The van der Waals surface area contributed by atoms with Gasteiger partial charge in [0.1, 0.15) is 17.1 Å². The second-order valence-corrected chi connectivity index (χ2v) is 7.12. The van der Waals surface area contributed by atoms with E-state index in [4.69, 9.17) is 9.72 Å². The summed E-state index contributed by atoms with van der Waals surface area (Å²) in [4.78, 5) is 18.9. The molecular weight excluding hydrogens is 333 g/mol. The van der Waals surface area contributed by atoms with E-state index in [9.17, 15) is 4.39 Å². The molecule has 0 saturated carbocycles. The molecule has 6 nitrogen and oxygen atoms in total. The van der Waals surface area contributed by atoms with Crippen LogP contribution in [0.25, 0.3) is 22.4 Å². The van der Waals surface area contributed by atoms with Crippen LogP contribution < -0.4 is 4.90 Å². The third-order valence-corrected chi connectivity index (χ3v) is 4.68. The lowest BCUT2D eigenvalue weighted by atomic mass is 10.1. The molecule has 0 unspecified atom stereocenters. The quantitative estimate of drug-likeness (QED) is 0.779. The molecular formula is C19H22FN5O. The van der Waals surface area contributed by atoms with Crippen LogP contribution in [-0.2, 0) is 10.4 Å². The van der Waals surface area contributed by atoms with Crippen LogP contribution in [0.15, 0.2) is 30.6 Å². The summed E-state index contributed by atoms with van der Waals surface area (Å²) in [6, 6.07) is 5.73. The lowest BCUT2D eigenvalue weighted by Gasteiger charge is -2.34. The Labute approximate surface area is 151 Å². The number of hydrogen-bond donors (Lipinski definition) is 1. The lowest BCUT2D eigenvalue weighted by molar-refractivity contribution is 0.0985. The van der Waals surface area contributed by atoms with E-state index in [1.165, 1.54) is 13.8 Å². The summed E-state index contributed by atoms with van der Waals surface area (Å²) in [6.45, 7) is 7.10. The highest BCUT2D eigenvalue weighted by Gasteiger charge is 2.27. The van der Waals surface area contributed by atoms with Crippen molar-refractivity contribution < 1.29 is 9.13 Å². The summed E-state index contributed by atoms with van der Waals surface area (Å²) >= 11 is 0. The fourth-order valence-corrected chi connectivity index (χ4v) is 3.23. The number of nitrogens with one attached hydrogen (secondary N) is 1. The molecule has 0 bridgehead atoms. The van der Waals surface area contributed by atoms with Gasteiger partial charge in [0.2, 0.25) is 0 Å². The number of pyridine rings is 1. The first-order valence-corrected chi connectivity index (χ1v) is 8.79. The van der Waals surface area contributed by atoms with Crippen LogP contribution in [0.2, 0.25) is 0 Å². The Morgan fingerprint density at radius 2 is 2.15 bits per heavy atom. The maximum absolute atomic E-state index is 14.8. The fourth-order valence-electron chi connectivity index (χ4n) is 3.23. The number of aromatic nitrogens is 4. The third-order valence-electron chi connectivity index (χ3n) is 4.68. The molecule has 4 rings (SSSR count). The molecule has 0 radical (unpaired) electrons. The van der Waals surface area contributed by atoms with Crippen molar-refractivity contribution in [2.24, 2.45) is 0 Å². The zero-order valence-corrected chi connectivity index (χ0v) is 15.2. The van der Waals surface area contributed by atoms with Crippen molar-refractivity contribution >= 4 is 16.9 Å². The molecule has 1 aliphatic rings. The Hall–Kier alpha value is -2.54. The molecule has 0 aromatic carbocycles. The van der Waals surface area contributed by atoms with Crippen molar-refractivity contribution in [2.75, 3.05) is 24.7 Å². The molecule has 1 saturated heterocycles. The minimum atomic E-state index is -1.56. The van der Waals surface area contributed by atoms with Crippen molar-refractivity contribution in [3.05, 3.63) is 36.3 Å². The minimum Gasteiger partial charge on any atom is -0.377 e. The molecule has 3 aromatic heterocycles. The topological polar surface area (TPSA) is 66.9 Å². The molecule has 0 aliphatic carbocycles. The molecule has 0 spiro atoms. The van der Waals surface area contributed by atoms with E-state index in [1.54, 1.807) is 12.3 Å². The lowest BCUT2D eigenvalue weighted by Crippen LogP contribution is -2.44. The van der Waals surface area contributed by atoms with Crippen molar-refractivity contribution in [3.8, 4) is 11.4 Å². The van der Waals surface area contributed by atoms with Crippen molar-refractivity contribution in [3.63, 3.8) is 0 Å². The predicted octanol–water partition coefficient (Wildman–Crippen LogP) is 3.45. The first kappa shape index (κ1) is 16.9. The molecule has 3 aromatic rings.